The van der Waals surface area contributed by atoms with Gasteiger partial charge >= 0.3 is 5.97 Å². The number of carbonyl (C=O) groups is 1. The van der Waals surface area contributed by atoms with Gasteiger partial charge < -0.3 is 14.3 Å². The number of hydrogen-bond donors (Lipinski definition) is 1. The third kappa shape index (κ3) is 7.27. The van der Waals surface area contributed by atoms with Crippen LogP contribution in [0.3, 0.4) is 0 Å². The molecular weight excluding hydrogens is 338 g/mol. The number of nitrogens with zero attached hydrogens (tertiary/aromatic N) is 1. The molecule has 1 heterocycles. The molecule has 0 aromatic heterocycles. The molecule has 0 radical (unpaired) electrons. The van der Waals surface area contributed by atoms with E-state index in [4.69, 9.17) is 9.84 Å². The second-order valence-corrected chi connectivity index (χ2v) is 9.23. The minimum atomic E-state index is -0.0882. The second-order valence-electron chi connectivity index (χ2n) is 9.23. The van der Waals surface area contributed by atoms with Crippen LogP contribution in [0.5, 0.6) is 0 Å². The normalized spacial score (nSPS) is 24.2. The number of piperidine rings is 1. The molecule has 0 spiro atoms. The van der Waals surface area contributed by atoms with Crippen LogP contribution in [0.25, 0.3) is 0 Å². The van der Waals surface area contributed by atoms with Crippen molar-refractivity contribution in [3.8, 4) is 0 Å². The average Bonchev–Trinajstić information content (AvgIpc) is 2.60. The van der Waals surface area contributed by atoms with Gasteiger partial charge in [0.2, 0.25) is 0 Å². The molecule has 1 aromatic rings. The van der Waals surface area contributed by atoms with Gasteiger partial charge in [-0.15, -0.1) is 0 Å². The van der Waals surface area contributed by atoms with Crippen LogP contribution in [0.15, 0.2) is 30.3 Å². The van der Waals surface area contributed by atoms with Gasteiger partial charge in [0.25, 0.3) is 0 Å². The van der Waals surface area contributed by atoms with Gasteiger partial charge in [0.15, 0.2) is 0 Å². The maximum absolute atomic E-state index is 12.8. The van der Waals surface area contributed by atoms with E-state index in [1.165, 1.54) is 18.5 Å². The van der Waals surface area contributed by atoms with Crippen molar-refractivity contribution in [2.45, 2.75) is 45.4 Å². The van der Waals surface area contributed by atoms with Gasteiger partial charge in [0.05, 0.1) is 39.7 Å². The molecule has 4 atom stereocenters. The van der Waals surface area contributed by atoms with Crippen LogP contribution in [-0.4, -0.2) is 56.0 Å². The standard InChI is InChI=1S/C23H38NO3/c1-18-13-20(17-24(3,4)16-18)15-22(23(26)27-12-8-11-25)14-19(2)21-9-6-5-7-10-21/h5-7,9-10,18-20,22,25H,8,11-17H2,1-4H3/q+1. The number of likely N-dealkylation sites (tertiary alicyclic amines) is 1. The Kier molecular flexibility index (Phi) is 8.30. The fourth-order valence-electron chi connectivity index (χ4n) is 4.90. The minimum absolute atomic E-state index is 0.0597. The van der Waals surface area contributed by atoms with Gasteiger partial charge in [-0.25, -0.2) is 0 Å². The summed E-state index contributed by atoms with van der Waals surface area (Å²) in [6.07, 6.45) is 3.43. The predicted molar refractivity (Wildman–Crippen MR) is 109 cm³/mol. The molecule has 27 heavy (non-hydrogen) atoms. The first-order valence-electron chi connectivity index (χ1n) is 10.4. The Morgan fingerprint density at radius 2 is 1.96 bits per heavy atom. The van der Waals surface area contributed by atoms with Crippen molar-refractivity contribution in [2.24, 2.45) is 17.8 Å². The van der Waals surface area contributed by atoms with Crippen LogP contribution in [0, 0.1) is 17.8 Å². The first kappa shape index (κ1) is 21.9. The van der Waals surface area contributed by atoms with Crippen LogP contribution >= 0.6 is 0 Å². The second kappa shape index (κ2) is 10.2. The molecule has 1 saturated heterocycles. The molecule has 4 heteroatoms. The number of hydrogen-bond acceptors (Lipinski definition) is 3. The summed E-state index contributed by atoms with van der Waals surface area (Å²) in [5.74, 6) is 1.41. The smallest absolute Gasteiger partial charge is 0.308 e. The van der Waals surface area contributed by atoms with Crippen LogP contribution < -0.4 is 0 Å². The highest BCUT2D eigenvalue weighted by Crippen LogP contribution is 2.33. The fraction of sp³-hybridized carbons (Fsp3) is 0.696. The van der Waals surface area contributed by atoms with Crippen LogP contribution in [0.2, 0.25) is 0 Å². The van der Waals surface area contributed by atoms with Crippen molar-refractivity contribution in [2.75, 3.05) is 40.4 Å². The molecule has 1 fully saturated rings. The Morgan fingerprint density at radius 1 is 1.26 bits per heavy atom. The Morgan fingerprint density at radius 3 is 2.59 bits per heavy atom. The minimum Gasteiger partial charge on any atom is -0.465 e. The van der Waals surface area contributed by atoms with Crippen molar-refractivity contribution in [3.05, 3.63) is 35.9 Å². The van der Waals surface area contributed by atoms with Gasteiger partial charge in [0.1, 0.15) is 0 Å². The number of benzene rings is 1. The van der Waals surface area contributed by atoms with Gasteiger partial charge in [-0.2, -0.15) is 0 Å². The summed E-state index contributed by atoms with van der Waals surface area (Å²) < 4.78 is 6.53. The summed E-state index contributed by atoms with van der Waals surface area (Å²) in [7, 11) is 4.59. The summed E-state index contributed by atoms with van der Waals surface area (Å²) in [6.45, 7) is 7.24. The number of aliphatic hydroxyl groups excluding tert-OH is 1. The van der Waals surface area contributed by atoms with E-state index in [2.05, 4.69) is 52.2 Å². The molecule has 1 aromatic carbocycles. The Labute approximate surface area is 165 Å². The van der Waals surface area contributed by atoms with E-state index in [9.17, 15) is 4.79 Å². The van der Waals surface area contributed by atoms with Crippen LogP contribution in [0.4, 0.5) is 0 Å². The van der Waals surface area contributed by atoms with E-state index >= 15 is 0 Å². The van der Waals surface area contributed by atoms with E-state index in [-0.39, 0.29) is 18.5 Å². The third-order valence-electron chi connectivity index (χ3n) is 5.80. The largest absolute Gasteiger partial charge is 0.465 e. The molecule has 2 rings (SSSR count). The first-order chi connectivity index (χ1) is 12.8. The highest BCUT2D eigenvalue weighted by Gasteiger charge is 2.35. The number of rotatable bonds is 9. The van der Waals surface area contributed by atoms with Gasteiger partial charge in [-0.1, -0.05) is 44.2 Å². The zero-order valence-corrected chi connectivity index (χ0v) is 17.6. The molecule has 1 N–H and O–H groups in total. The highest BCUT2D eigenvalue weighted by atomic mass is 16.5. The lowest BCUT2D eigenvalue weighted by Gasteiger charge is -2.42. The molecule has 0 bridgehead atoms. The molecule has 1 aliphatic rings. The van der Waals surface area contributed by atoms with Crippen molar-refractivity contribution in [3.63, 3.8) is 0 Å². The van der Waals surface area contributed by atoms with Gasteiger partial charge in [-0.05, 0) is 30.7 Å². The summed E-state index contributed by atoms with van der Waals surface area (Å²) in [5, 5.41) is 8.97. The van der Waals surface area contributed by atoms with E-state index in [1.54, 1.807) is 0 Å². The quantitative estimate of drug-likeness (QED) is 0.405. The Bertz CT molecular complexity index is 572. The van der Waals surface area contributed by atoms with E-state index in [0.717, 1.165) is 23.9 Å². The number of ether oxygens (including phenoxy) is 1. The highest BCUT2D eigenvalue weighted by molar-refractivity contribution is 5.72. The summed E-state index contributed by atoms with van der Waals surface area (Å²) >= 11 is 0. The predicted octanol–water partition coefficient (Wildman–Crippen LogP) is 3.84. The SMILES string of the molecule is CC1CC(CC(CC(C)c2ccccc2)C(=O)OCCCO)C[N+](C)(C)C1. The van der Waals surface area contributed by atoms with Gasteiger partial charge in [-0.3, -0.25) is 4.79 Å². The molecule has 0 amide bonds. The topological polar surface area (TPSA) is 46.5 Å². The summed E-state index contributed by atoms with van der Waals surface area (Å²) in [5.41, 5.74) is 1.28. The van der Waals surface area contributed by atoms with Gasteiger partial charge in [0, 0.05) is 24.9 Å². The molecule has 4 unspecified atom stereocenters. The van der Waals surface area contributed by atoms with E-state index in [1.807, 2.05) is 6.07 Å². The fourth-order valence-corrected chi connectivity index (χ4v) is 4.90. The zero-order chi connectivity index (χ0) is 19.9. The zero-order valence-electron chi connectivity index (χ0n) is 17.6. The van der Waals surface area contributed by atoms with Crippen molar-refractivity contribution < 1.29 is 19.1 Å². The lowest BCUT2D eigenvalue weighted by Crippen LogP contribution is -2.51. The maximum Gasteiger partial charge on any atom is 0.308 e. The Balaban J connectivity index is 2.05. The number of quaternary nitrogens is 1. The molecule has 0 saturated carbocycles. The summed E-state index contributed by atoms with van der Waals surface area (Å²) in [4.78, 5) is 12.8. The molecule has 1 aliphatic heterocycles. The molecular formula is C23H38NO3+. The molecule has 152 valence electrons. The number of esters is 1. The van der Waals surface area contributed by atoms with E-state index < -0.39 is 0 Å². The lowest BCUT2D eigenvalue weighted by molar-refractivity contribution is -0.902. The van der Waals surface area contributed by atoms with E-state index in [0.29, 0.717) is 30.8 Å². The average molecular weight is 377 g/mol. The van der Waals surface area contributed by atoms with Crippen molar-refractivity contribution in [1.29, 1.82) is 0 Å². The van der Waals surface area contributed by atoms with Crippen molar-refractivity contribution in [1.82, 2.24) is 0 Å². The Hall–Kier alpha value is -1.39. The summed E-state index contributed by atoms with van der Waals surface area (Å²) in [6, 6.07) is 10.4. The lowest BCUT2D eigenvalue weighted by atomic mass is 9.79. The van der Waals surface area contributed by atoms with Crippen LogP contribution in [0.1, 0.15) is 51.0 Å². The third-order valence-corrected chi connectivity index (χ3v) is 5.80. The number of aliphatic hydroxyl groups is 1. The number of carbonyl (C=O) groups excluding carboxylic acids is 1. The maximum atomic E-state index is 12.8. The van der Waals surface area contributed by atoms with Crippen molar-refractivity contribution >= 4 is 5.97 Å². The monoisotopic (exact) mass is 376 g/mol. The van der Waals surface area contributed by atoms with Crippen LogP contribution in [-0.2, 0) is 9.53 Å². The first-order valence-corrected chi connectivity index (χ1v) is 10.4. The molecule has 0 aliphatic carbocycles. The molecule has 4 nitrogen and oxygen atoms in total.